The van der Waals surface area contributed by atoms with E-state index < -0.39 is 4.92 Å². The Morgan fingerprint density at radius 1 is 1.43 bits per heavy atom. The first-order chi connectivity index (χ1) is 10.1. The van der Waals surface area contributed by atoms with Crippen molar-refractivity contribution in [3.8, 4) is 5.88 Å². The van der Waals surface area contributed by atoms with Crippen LogP contribution in [0.3, 0.4) is 0 Å². The van der Waals surface area contributed by atoms with E-state index in [1.807, 2.05) is 6.92 Å². The van der Waals surface area contributed by atoms with Gasteiger partial charge in [0.2, 0.25) is 0 Å². The third-order valence-corrected chi connectivity index (χ3v) is 4.36. The van der Waals surface area contributed by atoms with E-state index >= 15 is 0 Å². The summed E-state index contributed by atoms with van der Waals surface area (Å²) in [7, 11) is 1.68. The highest BCUT2D eigenvalue weighted by Crippen LogP contribution is 2.34. The second kappa shape index (κ2) is 6.89. The highest BCUT2D eigenvalue weighted by atomic mass is 16.6. The maximum absolute atomic E-state index is 11.2. The third-order valence-electron chi connectivity index (χ3n) is 4.36. The zero-order valence-corrected chi connectivity index (χ0v) is 12.7. The van der Waals surface area contributed by atoms with Crippen molar-refractivity contribution in [3.63, 3.8) is 0 Å². The van der Waals surface area contributed by atoms with Crippen LogP contribution in [0.2, 0.25) is 0 Å². The molecular formula is C14H24N4O3. The number of aromatic nitrogens is 2. The van der Waals surface area contributed by atoms with Crippen LogP contribution in [-0.4, -0.2) is 27.9 Å². The Morgan fingerprint density at radius 2 is 2.10 bits per heavy atom. The van der Waals surface area contributed by atoms with Gasteiger partial charge in [-0.15, -0.1) is 0 Å². The van der Waals surface area contributed by atoms with E-state index in [1.165, 1.54) is 17.5 Å². The van der Waals surface area contributed by atoms with Crippen LogP contribution < -0.4 is 10.5 Å². The van der Waals surface area contributed by atoms with Crippen molar-refractivity contribution in [1.29, 1.82) is 0 Å². The molecule has 118 valence electrons. The Kier molecular flexibility index (Phi) is 5.17. The van der Waals surface area contributed by atoms with Gasteiger partial charge in [0.1, 0.15) is 5.69 Å². The van der Waals surface area contributed by atoms with E-state index in [-0.39, 0.29) is 11.6 Å². The number of hydrogen-bond donors (Lipinski definition) is 1. The van der Waals surface area contributed by atoms with Gasteiger partial charge >= 0.3 is 5.69 Å². The molecule has 7 heteroatoms. The molecule has 1 aromatic rings. The topological polar surface area (TPSA) is 96.2 Å². The fourth-order valence-corrected chi connectivity index (χ4v) is 3.13. The molecular weight excluding hydrogens is 272 g/mol. The third kappa shape index (κ3) is 3.34. The van der Waals surface area contributed by atoms with Crippen molar-refractivity contribution in [2.24, 2.45) is 24.6 Å². The summed E-state index contributed by atoms with van der Waals surface area (Å²) in [6.07, 6.45) is 5.11. The molecule has 0 amide bonds. The fourth-order valence-electron chi connectivity index (χ4n) is 3.13. The van der Waals surface area contributed by atoms with Crippen molar-refractivity contribution in [2.45, 2.75) is 39.0 Å². The smallest absolute Gasteiger partial charge is 0.353 e. The summed E-state index contributed by atoms with van der Waals surface area (Å²) in [6.45, 7) is 2.98. The Hall–Kier alpha value is -1.63. The second-order valence-corrected chi connectivity index (χ2v) is 5.69. The number of nitrogens with zero attached hydrogens (tertiary/aromatic N) is 3. The molecule has 0 radical (unpaired) electrons. The van der Waals surface area contributed by atoms with Crippen molar-refractivity contribution < 1.29 is 9.66 Å². The molecule has 2 atom stereocenters. The first kappa shape index (κ1) is 15.8. The van der Waals surface area contributed by atoms with Gasteiger partial charge in [-0.3, -0.25) is 10.1 Å². The van der Waals surface area contributed by atoms with E-state index in [2.05, 4.69) is 5.10 Å². The van der Waals surface area contributed by atoms with Gasteiger partial charge in [-0.1, -0.05) is 19.8 Å². The number of nitrogens with two attached hydrogens (primary N) is 1. The average molecular weight is 296 g/mol. The minimum Gasteiger partial charge on any atom is -0.473 e. The Balaban J connectivity index is 2.12. The predicted molar refractivity (Wildman–Crippen MR) is 79.2 cm³/mol. The lowest BCUT2D eigenvalue weighted by Gasteiger charge is -2.30. The molecule has 2 unspecified atom stereocenters. The molecule has 2 rings (SSSR count). The zero-order valence-electron chi connectivity index (χ0n) is 12.7. The number of ether oxygens (including phenoxy) is 1. The lowest BCUT2D eigenvalue weighted by Crippen LogP contribution is -2.31. The monoisotopic (exact) mass is 296 g/mol. The molecule has 0 aromatic carbocycles. The molecule has 0 spiro atoms. The van der Waals surface area contributed by atoms with Gasteiger partial charge < -0.3 is 10.5 Å². The summed E-state index contributed by atoms with van der Waals surface area (Å²) >= 11 is 0. The van der Waals surface area contributed by atoms with E-state index in [1.54, 1.807) is 7.05 Å². The molecule has 1 aliphatic carbocycles. The summed E-state index contributed by atoms with van der Waals surface area (Å²) < 4.78 is 7.26. The van der Waals surface area contributed by atoms with E-state index in [0.29, 0.717) is 37.1 Å². The molecule has 21 heavy (non-hydrogen) atoms. The van der Waals surface area contributed by atoms with Crippen LogP contribution in [0.5, 0.6) is 5.88 Å². The Morgan fingerprint density at radius 3 is 2.67 bits per heavy atom. The molecule has 0 saturated heterocycles. The number of nitro groups is 1. The largest absolute Gasteiger partial charge is 0.473 e. The first-order valence-electron chi connectivity index (χ1n) is 7.61. The van der Waals surface area contributed by atoms with Crippen molar-refractivity contribution in [3.05, 3.63) is 15.8 Å². The highest BCUT2D eigenvalue weighted by molar-refractivity contribution is 5.46. The summed E-state index contributed by atoms with van der Waals surface area (Å²) in [4.78, 5) is 10.8. The van der Waals surface area contributed by atoms with Crippen LogP contribution in [0.25, 0.3) is 0 Å². The van der Waals surface area contributed by atoms with Crippen LogP contribution in [0, 0.1) is 22.0 Å². The predicted octanol–water partition coefficient (Wildman–Crippen LogP) is 2.03. The van der Waals surface area contributed by atoms with Crippen molar-refractivity contribution in [2.75, 3.05) is 13.2 Å². The molecule has 1 aromatic heterocycles. The number of aryl methyl sites for hydroxylation is 2. The highest BCUT2D eigenvalue weighted by Gasteiger charge is 2.30. The van der Waals surface area contributed by atoms with Gasteiger partial charge in [-0.05, 0) is 37.6 Å². The molecule has 2 N–H and O–H groups in total. The van der Waals surface area contributed by atoms with Crippen LogP contribution >= 0.6 is 0 Å². The SMILES string of the molecule is CCc1nn(C)c(OCC2CCCCC2CN)c1[N+](=O)[O-]. The van der Waals surface area contributed by atoms with Gasteiger partial charge in [0, 0.05) is 7.05 Å². The Labute approximate surface area is 124 Å². The summed E-state index contributed by atoms with van der Waals surface area (Å²) in [6, 6.07) is 0. The quantitative estimate of drug-likeness (QED) is 0.640. The Bertz CT molecular complexity index is 501. The maximum Gasteiger partial charge on any atom is 0.353 e. The normalized spacial score (nSPS) is 22.2. The molecule has 1 fully saturated rings. The van der Waals surface area contributed by atoms with Crippen LogP contribution in [-0.2, 0) is 13.5 Å². The van der Waals surface area contributed by atoms with E-state index in [9.17, 15) is 10.1 Å². The maximum atomic E-state index is 11.2. The van der Waals surface area contributed by atoms with Gasteiger partial charge in [0.25, 0.3) is 5.88 Å². The molecule has 1 saturated carbocycles. The van der Waals surface area contributed by atoms with Crippen molar-refractivity contribution >= 4 is 5.69 Å². The van der Waals surface area contributed by atoms with E-state index in [4.69, 9.17) is 10.5 Å². The summed E-state index contributed by atoms with van der Waals surface area (Å²) in [5, 5.41) is 15.4. The van der Waals surface area contributed by atoms with E-state index in [0.717, 1.165) is 12.8 Å². The van der Waals surface area contributed by atoms with Gasteiger partial charge in [0.05, 0.1) is 11.5 Å². The van der Waals surface area contributed by atoms with Gasteiger partial charge in [-0.25, -0.2) is 4.68 Å². The van der Waals surface area contributed by atoms with Crippen molar-refractivity contribution in [1.82, 2.24) is 9.78 Å². The van der Waals surface area contributed by atoms with Crippen LogP contribution in [0.1, 0.15) is 38.3 Å². The molecule has 1 aliphatic rings. The number of hydrogen-bond acceptors (Lipinski definition) is 5. The average Bonchev–Trinajstić information content (AvgIpc) is 2.81. The lowest BCUT2D eigenvalue weighted by molar-refractivity contribution is -0.386. The molecule has 0 bridgehead atoms. The van der Waals surface area contributed by atoms with Crippen LogP contribution in [0.15, 0.2) is 0 Å². The lowest BCUT2D eigenvalue weighted by atomic mass is 9.80. The minimum atomic E-state index is -0.400. The van der Waals surface area contributed by atoms with Crippen LogP contribution in [0.4, 0.5) is 5.69 Å². The first-order valence-corrected chi connectivity index (χ1v) is 7.61. The minimum absolute atomic E-state index is 0.0000999. The van der Waals surface area contributed by atoms with Gasteiger partial charge in [0.15, 0.2) is 0 Å². The van der Waals surface area contributed by atoms with Gasteiger partial charge in [-0.2, -0.15) is 5.10 Å². The summed E-state index contributed by atoms with van der Waals surface area (Å²) in [5.41, 5.74) is 6.28. The molecule has 0 aliphatic heterocycles. The standard InChI is InChI=1S/C14H24N4O3/c1-3-12-13(18(19)20)14(17(2)16-12)21-9-11-7-5-4-6-10(11)8-15/h10-11H,3-9,15H2,1-2H3. The molecule has 7 nitrogen and oxygen atoms in total. The fraction of sp³-hybridized carbons (Fsp3) is 0.786. The second-order valence-electron chi connectivity index (χ2n) is 5.69. The number of rotatable bonds is 6. The zero-order chi connectivity index (χ0) is 15.4. The molecule has 1 heterocycles. The summed E-state index contributed by atoms with van der Waals surface area (Å²) in [5.74, 6) is 1.10.